The Bertz CT molecular complexity index is 969. The summed E-state index contributed by atoms with van der Waals surface area (Å²) in [5.74, 6) is -1.38. The van der Waals surface area contributed by atoms with Crippen molar-refractivity contribution in [2.75, 3.05) is 0 Å². The molecular formula is C26H27NO3. The maximum Gasteiger partial charge on any atom is 0.326 e. The summed E-state index contributed by atoms with van der Waals surface area (Å²) >= 11 is 0. The van der Waals surface area contributed by atoms with Crippen LogP contribution < -0.4 is 5.32 Å². The van der Waals surface area contributed by atoms with Crippen LogP contribution in [0.3, 0.4) is 0 Å². The van der Waals surface area contributed by atoms with Crippen LogP contribution >= 0.6 is 0 Å². The molecule has 0 unspecified atom stereocenters. The van der Waals surface area contributed by atoms with E-state index >= 15 is 0 Å². The molecule has 0 aliphatic rings. The lowest BCUT2D eigenvalue weighted by Crippen LogP contribution is -2.51. The SMILES string of the molecule is Cc1cccc(C)c1C[C@H](NC(=O)C(C)(c1ccccc1)c1ccccc1)C(=O)O. The topological polar surface area (TPSA) is 66.4 Å². The van der Waals surface area contributed by atoms with E-state index in [4.69, 9.17) is 0 Å². The summed E-state index contributed by atoms with van der Waals surface area (Å²) in [7, 11) is 0. The smallest absolute Gasteiger partial charge is 0.326 e. The monoisotopic (exact) mass is 401 g/mol. The average molecular weight is 402 g/mol. The highest BCUT2D eigenvalue weighted by Gasteiger charge is 2.39. The van der Waals surface area contributed by atoms with Gasteiger partial charge in [-0.2, -0.15) is 0 Å². The second-order valence-corrected chi connectivity index (χ2v) is 7.80. The van der Waals surface area contributed by atoms with Gasteiger partial charge in [-0.1, -0.05) is 78.9 Å². The van der Waals surface area contributed by atoms with E-state index in [0.717, 1.165) is 27.8 Å². The zero-order valence-corrected chi connectivity index (χ0v) is 17.6. The predicted octanol–water partition coefficient (Wildman–Crippen LogP) is 4.42. The Hall–Kier alpha value is -3.40. The minimum Gasteiger partial charge on any atom is -0.480 e. The molecule has 2 N–H and O–H groups in total. The molecule has 0 spiro atoms. The standard InChI is InChI=1S/C26H27NO3/c1-18-11-10-12-19(2)22(18)17-23(24(28)29)27-25(30)26(3,20-13-6-4-7-14-20)21-15-8-5-9-16-21/h4-16,23H,17H2,1-3H3,(H,27,30)(H,28,29)/t23-/m0/s1. The van der Waals surface area contributed by atoms with Gasteiger partial charge in [0.2, 0.25) is 5.91 Å². The molecule has 0 aliphatic heterocycles. The van der Waals surface area contributed by atoms with E-state index in [1.807, 2.05) is 99.6 Å². The molecule has 3 aromatic rings. The third kappa shape index (κ3) is 4.28. The Morgan fingerprint density at radius 1 is 0.833 bits per heavy atom. The number of carboxylic acid groups (broad SMARTS) is 1. The van der Waals surface area contributed by atoms with Gasteiger partial charge < -0.3 is 10.4 Å². The molecule has 0 saturated carbocycles. The number of benzene rings is 3. The van der Waals surface area contributed by atoms with E-state index in [9.17, 15) is 14.7 Å². The molecule has 0 heterocycles. The largest absolute Gasteiger partial charge is 0.480 e. The van der Waals surface area contributed by atoms with Crippen LogP contribution in [-0.2, 0) is 21.4 Å². The highest BCUT2D eigenvalue weighted by Crippen LogP contribution is 2.32. The van der Waals surface area contributed by atoms with Gasteiger partial charge in [-0.25, -0.2) is 4.79 Å². The van der Waals surface area contributed by atoms with E-state index in [1.165, 1.54) is 0 Å². The van der Waals surface area contributed by atoms with Crippen LogP contribution in [0, 0.1) is 13.8 Å². The van der Waals surface area contributed by atoms with Crippen molar-refractivity contribution in [3.63, 3.8) is 0 Å². The number of nitrogens with one attached hydrogen (secondary N) is 1. The van der Waals surface area contributed by atoms with Crippen molar-refractivity contribution < 1.29 is 14.7 Å². The summed E-state index contributed by atoms with van der Waals surface area (Å²) in [5, 5.41) is 12.7. The van der Waals surface area contributed by atoms with E-state index in [2.05, 4.69) is 5.32 Å². The Labute approximate surface area is 177 Å². The number of carboxylic acids is 1. The van der Waals surface area contributed by atoms with E-state index in [-0.39, 0.29) is 12.3 Å². The number of aliphatic carboxylic acids is 1. The third-order valence-electron chi connectivity index (χ3n) is 5.81. The van der Waals surface area contributed by atoms with Crippen molar-refractivity contribution in [1.82, 2.24) is 5.32 Å². The molecular weight excluding hydrogens is 374 g/mol. The fourth-order valence-corrected chi connectivity index (χ4v) is 3.85. The Balaban J connectivity index is 1.97. The Kier molecular flexibility index (Phi) is 6.36. The molecule has 3 aromatic carbocycles. The second-order valence-electron chi connectivity index (χ2n) is 7.80. The number of hydrogen-bond donors (Lipinski definition) is 2. The minimum atomic E-state index is -1.05. The summed E-state index contributed by atoms with van der Waals surface area (Å²) in [6.45, 7) is 5.76. The van der Waals surface area contributed by atoms with Crippen LogP contribution in [0.1, 0.15) is 34.7 Å². The summed E-state index contributed by atoms with van der Waals surface area (Å²) in [5.41, 5.74) is 3.59. The first-order valence-corrected chi connectivity index (χ1v) is 10.0. The van der Waals surface area contributed by atoms with Crippen molar-refractivity contribution in [2.45, 2.75) is 38.6 Å². The summed E-state index contributed by atoms with van der Waals surface area (Å²) in [6.07, 6.45) is 0.235. The molecule has 0 radical (unpaired) electrons. The molecule has 30 heavy (non-hydrogen) atoms. The quantitative estimate of drug-likeness (QED) is 0.616. The van der Waals surface area contributed by atoms with Gasteiger partial charge in [0.05, 0.1) is 5.41 Å². The van der Waals surface area contributed by atoms with Crippen LogP contribution in [0.15, 0.2) is 78.9 Å². The summed E-state index contributed by atoms with van der Waals surface area (Å²) in [4.78, 5) is 25.6. The van der Waals surface area contributed by atoms with Gasteiger partial charge >= 0.3 is 5.97 Å². The predicted molar refractivity (Wildman–Crippen MR) is 119 cm³/mol. The zero-order chi connectivity index (χ0) is 21.7. The first kappa shape index (κ1) is 21.3. The minimum absolute atomic E-state index is 0.235. The van der Waals surface area contributed by atoms with Gasteiger partial charge in [-0.15, -0.1) is 0 Å². The lowest BCUT2D eigenvalue weighted by atomic mass is 9.75. The van der Waals surface area contributed by atoms with Gasteiger partial charge in [0.1, 0.15) is 6.04 Å². The van der Waals surface area contributed by atoms with Gasteiger partial charge in [0.25, 0.3) is 0 Å². The maximum absolute atomic E-state index is 13.6. The number of rotatable bonds is 7. The first-order valence-electron chi connectivity index (χ1n) is 10.0. The Morgan fingerprint density at radius 3 is 1.73 bits per heavy atom. The second kappa shape index (κ2) is 8.95. The first-order chi connectivity index (χ1) is 14.3. The number of hydrogen-bond acceptors (Lipinski definition) is 2. The molecule has 0 bridgehead atoms. The fraction of sp³-hybridized carbons (Fsp3) is 0.231. The highest BCUT2D eigenvalue weighted by atomic mass is 16.4. The molecule has 4 nitrogen and oxygen atoms in total. The third-order valence-corrected chi connectivity index (χ3v) is 5.81. The van der Waals surface area contributed by atoms with Crippen LogP contribution in [-0.4, -0.2) is 23.0 Å². The molecule has 0 aliphatic carbocycles. The van der Waals surface area contributed by atoms with Crippen LogP contribution in [0.5, 0.6) is 0 Å². The highest BCUT2D eigenvalue weighted by molar-refractivity contribution is 5.94. The maximum atomic E-state index is 13.6. The molecule has 154 valence electrons. The van der Waals surface area contributed by atoms with Crippen molar-refractivity contribution in [2.24, 2.45) is 0 Å². The zero-order valence-electron chi connectivity index (χ0n) is 17.6. The van der Waals surface area contributed by atoms with Gasteiger partial charge in [0, 0.05) is 6.42 Å². The van der Waals surface area contributed by atoms with Crippen LogP contribution in [0.2, 0.25) is 0 Å². The van der Waals surface area contributed by atoms with Gasteiger partial charge in [-0.05, 0) is 48.6 Å². The van der Waals surface area contributed by atoms with E-state index < -0.39 is 17.4 Å². The summed E-state index contributed by atoms with van der Waals surface area (Å²) < 4.78 is 0. The van der Waals surface area contributed by atoms with Crippen LogP contribution in [0.4, 0.5) is 0 Å². The molecule has 0 saturated heterocycles. The fourth-order valence-electron chi connectivity index (χ4n) is 3.85. The van der Waals surface area contributed by atoms with Crippen LogP contribution in [0.25, 0.3) is 0 Å². The number of carbonyl (C=O) groups is 2. The molecule has 4 heteroatoms. The lowest BCUT2D eigenvalue weighted by molar-refractivity contribution is -0.142. The Morgan fingerprint density at radius 2 is 1.30 bits per heavy atom. The van der Waals surface area contributed by atoms with Crippen molar-refractivity contribution >= 4 is 11.9 Å². The van der Waals surface area contributed by atoms with Gasteiger partial charge in [0.15, 0.2) is 0 Å². The molecule has 1 amide bonds. The molecule has 0 fully saturated rings. The lowest BCUT2D eigenvalue weighted by Gasteiger charge is -2.31. The average Bonchev–Trinajstić information content (AvgIpc) is 2.76. The van der Waals surface area contributed by atoms with E-state index in [1.54, 1.807) is 0 Å². The molecule has 1 atom stereocenters. The summed E-state index contributed by atoms with van der Waals surface area (Å²) in [6, 6.07) is 23.8. The molecule has 0 aromatic heterocycles. The number of carbonyl (C=O) groups excluding carboxylic acids is 1. The molecule has 3 rings (SSSR count). The van der Waals surface area contributed by atoms with Crippen molar-refractivity contribution in [3.8, 4) is 0 Å². The van der Waals surface area contributed by atoms with E-state index in [0.29, 0.717) is 0 Å². The number of amides is 1. The van der Waals surface area contributed by atoms with Gasteiger partial charge in [-0.3, -0.25) is 4.79 Å². The van der Waals surface area contributed by atoms with Crippen molar-refractivity contribution in [1.29, 1.82) is 0 Å². The van der Waals surface area contributed by atoms with Crippen molar-refractivity contribution in [3.05, 3.63) is 107 Å². The normalized spacial score (nSPS) is 12.2. The number of aryl methyl sites for hydroxylation is 2.